The zero-order valence-electron chi connectivity index (χ0n) is 14.9. The number of nitrogens with one attached hydrogen (secondary N) is 3. The predicted molar refractivity (Wildman–Crippen MR) is 107 cm³/mol. The molecule has 0 aliphatic carbocycles. The molecule has 0 saturated carbocycles. The van der Waals surface area contributed by atoms with Crippen LogP contribution in [0.2, 0.25) is 0 Å². The molecule has 0 unspecified atom stereocenters. The summed E-state index contributed by atoms with van der Waals surface area (Å²) in [6.45, 7) is 3.39. The van der Waals surface area contributed by atoms with Crippen LogP contribution in [-0.4, -0.2) is 17.5 Å². The molecule has 2 rings (SSSR count). The summed E-state index contributed by atoms with van der Waals surface area (Å²) in [5.41, 5.74) is 7.90. The fraction of sp³-hybridized carbons (Fsp3) is 0.0952. The molecule has 138 valence electrons. The third-order valence-corrected chi connectivity index (χ3v) is 3.73. The van der Waals surface area contributed by atoms with Gasteiger partial charge in [-0.05, 0) is 42.7 Å². The Bertz CT molecular complexity index is 873. The van der Waals surface area contributed by atoms with Gasteiger partial charge >= 0.3 is 0 Å². The van der Waals surface area contributed by atoms with E-state index in [1.54, 1.807) is 24.3 Å². The minimum absolute atomic E-state index is 0.0721. The molecule has 2 aromatic rings. The molecule has 0 aliphatic heterocycles. The quantitative estimate of drug-likeness (QED) is 0.428. The van der Waals surface area contributed by atoms with Crippen molar-refractivity contribution in [2.24, 2.45) is 5.73 Å². The molecule has 0 atom stereocenters. The standard InChI is InChI=1S/C21H22N4O2/c1-2-20(26)24-18-11-7-6-10-17(18)21(27)25-19(23)14-16(22)13-12-15-8-4-3-5-9-15/h2-11,14,22H,1,12-13,23H2,(H,24,26)(H,25,27)/b19-14+,22-16?. The third-order valence-electron chi connectivity index (χ3n) is 3.73. The Morgan fingerprint density at radius 2 is 1.74 bits per heavy atom. The molecule has 27 heavy (non-hydrogen) atoms. The van der Waals surface area contributed by atoms with Gasteiger partial charge in [-0.25, -0.2) is 0 Å². The van der Waals surface area contributed by atoms with E-state index in [2.05, 4.69) is 17.2 Å². The second-order valence-corrected chi connectivity index (χ2v) is 5.80. The lowest BCUT2D eigenvalue weighted by Crippen LogP contribution is -2.29. The Hall–Kier alpha value is -3.67. The van der Waals surface area contributed by atoms with Crippen molar-refractivity contribution in [3.05, 3.63) is 90.3 Å². The van der Waals surface area contributed by atoms with E-state index in [9.17, 15) is 9.59 Å². The van der Waals surface area contributed by atoms with Crippen molar-refractivity contribution in [1.82, 2.24) is 5.32 Å². The van der Waals surface area contributed by atoms with Gasteiger partial charge in [-0.2, -0.15) is 0 Å². The minimum atomic E-state index is -0.473. The summed E-state index contributed by atoms with van der Waals surface area (Å²) in [6.07, 6.45) is 3.77. The van der Waals surface area contributed by atoms with Gasteiger partial charge in [0, 0.05) is 5.71 Å². The van der Waals surface area contributed by atoms with Gasteiger partial charge < -0.3 is 21.8 Å². The van der Waals surface area contributed by atoms with Crippen LogP contribution in [0.15, 0.2) is 79.1 Å². The first-order valence-electron chi connectivity index (χ1n) is 8.42. The van der Waals surface area contributed by atoms with E-state index in [-0.39, 0.29) is 11.4 Å². The first kappa shape index (κ1) is 19.7. The molecule has 2 aromatic carbocycles. The number of amides is 2. The van der Waals surface area contributed by atoms with Crippen molar-refractivity contribution >= 4 is 23.2 Å². The largest absolute Gasteiger partial charge is 0.385 e. The summed E-state index contributed by atoms with van der Waals surface area (Å²) < 4.78 is 0. The van der Waals surface area contributed by atoms with Crippen LogP contribution in [0, 0.1) is 5.41 Å². The summed E-state index contributed by atoms with van der Waals surface area (Å²) in [7, 11) is 0. The molecular weight excluding hydrogens is 340 g/mol. The second-order valence-electron chi connectivity index (χ2n) is 5.80. The highest BCUT2D eigenvalue weighted by molar-refractivity contribution is 6.07. The molecule has 0 fully saturated rings. The SMILES string of the molecule is C=CC(=O)Nc1ccccc1C(=O)N/C(N)=C/C(=N)CCc1ccccc1. The molecule has 0 aliphatic rings. The molecule has 0 bridgehead atoms. The lowest BCUT2D eigenvalue weighted by molar-refractivity contribution is -0.111. The molecule has 5 N–H and O–H groups in total. The Kier molecular flexibility index (Phi) is 7.07. The molecule has 0 saturated heterocycles. The maximum Gasteiger partial charge on any atom is 0.258 e. The first-order chi connectivity index (χ1) is 13.0. The average Bonchev–Trinajstić information content (AvgIpc) is 2.67. The van der Waals surface area contributed by atoms with Crippen LogP contribution in [0.5, 0.6) is 0 Å². The van der Waals surface area contributed by atoms with Crippen LogP contribution >= 0.6 is 0 Å². The maximum atomic E-state index is 12.4. The maximum absolute atomic E-state index is 12.4. The smallest absolute Gasteiger partial charge is 0.258 e. The van der Waals surface area contributed by atoms with E-state index in [0.29, 0.717) is 24.2 Å². The van der Waals surface area contributed by atoms with E-state index < -0.39 is 11.8 Å². The number of allylic oxidation sites excluding steroid dienone is 1. The van der Waals surface area contributed by atoms with Crippen molar-refractivity contribution in [2.45, 2.75) is 12.8 Å². The average molecular weight is 362 g/mol. The number of hydrogen-bond donors (Lipinski definition) is 4. The zero-order valence-corrected chi connectivity index (χ0v) is 14.9. The van der Waals surface area contributed by atoms with Crippen LogP contribution in [-0.2, 0) is 11.2 Å². The van der Waals surface area contributed by atoms with Crippen LogP contribution in [0.4, 0.5) is 5.69 Å². The normalized spacial score (nSPS) is 10.7. The number of carbonyl (C=O) groups excluding carboxylic acids is 2. The Morgan fingerprint density at radius 1 is 1.07 bits per heavy atom. The van der Waals surface area contributed by atoms with Crippen molar-refractivity contribution in [1.29, 1.82) is 5.41 Å². The van der Waals surface area contributed by atoms with Gasteiger partial charge in [0.25, 0.3) is 5.91 Å². The highest BCUT2D eigenvalue weighted by Gasteiger charge is 2.12. The number of nitrogens with two attached hydrogens (primary N) is 1. The van der Waals surface area contributed by atoms with Gasteiger partial charge in [-0.15, -0.1) is 0 Å². The van der Waals surface area contributed by atoms with Crippen molar-refractivity contribution < 1.29 is 9.59 Å². The van der Waals surface area contributed by atoms with E-state index >= 15 is 0 Å². The summed E-state index contributed by atoms with van der Waals surface area (Å²) in [6, 6.07) is 16.4. The van der Waals surface area contributed by atoms with E-state index in [4.69, 9.17) is 11.1 Å². The van der Waals surface area contributed by atoms with Crippen molar-refractivity contribution in [2.75, 3.05) is 5.32 Å². The molecular formula is C21H22N4O2. The van der Waals surface area contributed by atoms with Gasteiger partial charge in [0.05, 0.1) is 11.3 Å². The lowest BCUT2D eigenvalue weighted by Gasteiger charge is -2.10. The fourth-order valence-corrected chi connectivity index (χ4v) is 2.39. The zero-order chi connectivity index (χ0) is 19.6. The number of anilines is 1. The summed E-state index contributed by atoms with van der Waals surface area (Å²) in [5.74, 6) is -0.816. The number of aryl methyl sites for hydroxylation is 1. The number of rotatable bonds is 8. The van der Waals surface area contributed by atoms with Crippen molar-refractivity contribution in [3.8, 4) is 0 Å². The molecule has 6 heteroatoms. The van der Waals surface area contributed by atoms with Crippen LogP contribution < -0.4 is 16.4 Å². The fourth-order valence-electron chi connectivity index (χ4n) is 2.39. The monoisotopic (exact) mass is 362 g/mol. The van der Waals surface area contributed by atoms with Gasteiger partial charge in [-0.1, -0.05) is 49.0 Å². The molecule has 0 spiro atoms. The predicted octanol–water partition coefficient (Wildman–Crippen LogP) is 2.99. The Morgan fingerprint density at radius 3 is 2.44 bits per heavy atom. The highest BCUT2D eigenvalue weighted by atomic mass is 16.2. The third kappa shape index (κ3) is 6.28. The second kappa shape index (κ2) is 9.72. The van der Waals surface area contributed by atoms with E-state index in [0.717, 1.165) is 11.6 Å². The molecule has 6 nitrogen and oxygen atoms in total. The van der Waals surface area contributed by atoms with Crippen LogP contribution in [0.1, 0.15) is 22.3 Å². The Labute approximate surface area is 158 Å². The van der Waals surface area contributed by atoms with Crippen molar-refractivity contribution in [3.63, 3.8) is 0 Å². The number of hydrogen-bond acceptors (Lipinski definition) is 4. The van der Waals surface area contributed by atoms with Gasteiger partial charge in [0.15, 0.2) is 0 Å². The van der Waals surface area contributed by atoms with Crippen LogP contribution in [0.25, 0.3) is 0 Å². The topological polar surface area (TPSA) is 108 Å². The van der Waals surface area contributed by atoms with E-state index in [1.165, 1.54) is 6.08 Å². The molecule has 0 heterocycles. The van der Waals surface area contributed by atoms with Crippen LogP contribution in [0.3, 0.4) is 0 Å². The Balaban J connectivity index is 1.98. The van der Waals surface area contributed by atoms with Gasteiger partial charge in [-0.3, -0.25) is 9.59 Å². The number of carbonyl (C=O) groups is 2. The summed E-state index contributed by atoms with van der Waals surface area (Å²) >= 11 is 0. The lowest BCUT2D eigenvalue weighted by atomic mass is 10.1. The van der Waals surface area contributed by atoms with E-state index in [1.807, 2.05) is 30.3 Å². The van der Waals surface area contributed by atoms with Gasteiger partial charge in [0.2, 0.25) is 5.91 Å². The first-order valence-corrected chi connectivity index (χ1v) is 8.42. The highest BCUT2D eigenvalue weighted by Crippen LogP contribution is 2.15. The molecule has 2 amide bonds. The summed E-state index contributed by atoms with van der Waals surface area (Å²) in [4.78, 5) is 23.9. The molecule has 0 radical (unpaired) electrons. The van der Waals surface area contributed by atoms with Gasteiger partial charge in [0.1, 0.15) is 5.82 Å². The number of benzene rings is 2. The minimum Gasteiger partial charge on any atom is -0.385 e. The number of para-hydroxylation sites is 1. The molecule has 0 aromatic heterocycles. The summed E-state index contributed by atoms with van der Waals surface area (Å²) in [5, 5.41) is 13.1.